The molecule has 1 amide bonds. The van der Waals surface area contributed by atoms with Gasteiger partial charge in [0.25, 0.3) is 0 Å². The van der Waals surface area contributed by atoms with E-state index in [1.807, 2.05) is 6.92 Å². The van der Waals surface area contributed by atoms with Crippen LogP contribution in [0.3, 0.4) is 0 Å². The molecule has 2 aliphatic rings. The minimum Gasteiger partial charge on any atom is -0.309 e. The van der Waals surface area contributed by atoms with Gasteiger partial charge in [-0.25, -0.2) is 4.98 Å². The summed E-state index contributed by atoms with van der Waals surface area (Å²) in [5.74, 6) is 0.0929. The van der Waals surface area contributed by atoms with Crippen molar-refractivity contribution in [3.05, 3.63) is 23.9 Å². The molecule has 2 fully saturated rings. The van der Waals surface area contributed by atoms with Crippen molar-refractivity contribution in [2.75, 3.05) is 5.32 Å². The van der Waals surface area contributed by atoms with E-state index >= 15 is 0 Å². The van der Waals surface area contributed by atoms with E-state index in [2.05, 4.69) is 15.6 Å². The molecule has 1 aromatic heterocycles. The van der Waals surface area contributed by atoms with Crippen LogP contribution in [0.4, 0.5) is 19.0 Å². The highest BCUT2D eigenvalue weighted by Crippen LogP contribution is 2.51. The number of anilines is 1. The van der Waals surface area contributed by atoms with Crippen molar-refractivity contribution in [1.29, 1.82) is 0 Å². The highest BCUT2D eigenvalue weighted by atomic mass is 19.4. The van der Waals surface area contributed by atoms with Crippen LogP contribution in [0.15, 0.2) is 18.2 Å². The molecule has 1 aromatic rings. The van der Waals surface area contributed by atoms with Crippen LogP contribution in [0.2, 0.25) is 0 Å². The highest BCUT2D eigenvalue weighted by Gasteiger charge is 2.57. The Morgan fingerprint density at radius 3 is 2.85 bits per heavy atom. The van der Waals surface area contributed by atoms with Crippen molar-refractivity contribution in [3.8, 4) is 0 Å². The minimum atomic E-state index is -4.51. The third kappa shape index (κ3) is 2.37. The van der Waals surface area contributed by atoms with Crippen molar-refractivity contribution in [2.45, 2.75) is 37.5 Å². The Balaban J connectivity index is 1.67. The molecule has 2 N–H and O–H groups in total. The van der Waals surface area contributed by atoms with Gasteiger partial charge in [-0.15, -0.1) is 0 Å². The number of hydrogen-bond donors (Lipinski definition) is 2. The van der Waals surface area contributed by atoms with Gasteiger partial charge in [0, 0.05) is 5.54 Å². The molecule has 0 spiro atoms. The van der Waals surface area contributed by atoms with Gasteiger partial charge in [-0.2, -0.15) is 13.2 Å². The van der Waals surface area contributed by atoms with Gasteiger partial charge in [-0.1, -0.05) is 6.07 Å². The van der Waals surface area contributed by atoms with E-state index in [1.54, 1.807) is 0 Å². The lowest BCUT2D eigenvalue weighted by molar-refractivity contribution is -0.141. The average Bonchev–Trinajstić information content (AvgIpc) is 2.86. The average molecular weight is 285 g/mol. The molecule has 3 unspecified atom stereocenters. The van der Waals surface area contributed by atoms with Crippen molar-refractivity contribution in [1.82, 2.24) is 10.3 Å². The van der Waals surface area contributed by atoms with Crippen LogP contribution >= 0.6 is 0 Å². The first-order valence-corrected chi connectivity index (χ1v) is 6.41. The van der Waals surface area contributed by atoms with Crippen LogP contribution in [-0.4, -0.2) is 22.5 Å². The molecule has 1 aliphatic heterocycles. The fourth-order valence-electron chi connectivity index (χ4n) is 2.76. The third-order valence-corrected chi connectivity index (χ3v) is 4.04. The van der Waals surface area contributed by atoms with E-state index < -0.39 is 11.9 Å². The summed E-state index contributed by atoms with van der Waals surface area (Å²) in [6, 6.07) is 3.10. The zero-order valence-electron chi connectivity index (χ0n) is 10.8. The standard InChI is InChI=1S/C13H14F3N3O/c1-12-6-7(12)5-8(19-12)11(20)18-10-4-2-3-9(17-10)13(14,15)16/h2-4,7-8,19H,5-6H2,1H3,(H,17,18,20). The predicted molar refractivity (Wildman–Crippen MR) is 65.9 cm³/mol. The van der Waals surface area contributed by atoms with Crippen LogP contribution < -0.4 is 10.6 Å². The van der Waals surface area contributed by atoms with Gasteiger partial charge in [0.2, 0.25) is 5.91 Å². The normalized spacial score (nSPS) is 31.8. The Hall–Kier alpha value is -1.63. The molecule has 20 heavy (non-hydrogen) atoms. The fraction of sp³-hybridized carbons (Fsp3) is 0.538. The molecule has 1 saturated heterocycles. The van der Waals surface area contributed by atoms with E-state index in [4.69, 9.17) is 0 Å². The molecule has 0 radical (unpaired) electrons. The Morgan fingerprint density at radius 2 is 2.25 bits per heavy atom. The Labute approximate surface area is 113 Å². The summed E-state index contributed by atoms with van der Waals surface area (Å²) in [5, 5.41) is 5.65. The second-order valence-electron chi connectivity index (χ2n) is 5.65. The lowest BCUT2D eigenvalue weighted by Gasteiger charge is -2.16. The number of piperidine rings is 1. The summed E-state index contributed by atoms with van der Waals surface area (Å²) >= 11 is 0. The number of amides is 1. The minimum absolute atomic E-state index is 0.0310. The van der Waals surface area contributed by atoms with Gasteiger partial charge in [-0.05, 0) is 37.8 Å². The molecule has 2 heterocycles. The predicted octanol–water partition coefficient (Wildman–Crippen LogP) is 2.18. The molecule has 4 nitrogen and oxygen atoms in total. The molecule has 1 aliphatic carbocycles. The van der Waals surface area contributed by atoms with E-state index in [0.717, 1.165) is 18.9 Å². The molecular weight excluding hydrogens is 271 g/mol. The van der Waals surface area contributed by atoms with Gasteiger partial charge in [-0.3, -0.25) is 4.79 Å². The van der Waals surface area contributed by atoms with Crippen molar-refractivity contribution in [2.24, 2.45) is 5.92 Å². The summed E-state index contributed by atoms with van der Waals surface area (Å²) in [6.07, 6.45) is -2.73. The van der Waals surface area contributed by atoms with Crippen molar-refractivity contribution >= 4 is 11.7 Å². The first-order valence-electron chi connectivity index (χ1n) is 6.41. The molecule has 7 heteroatoms. The van der Waals surface area contributed by atoms with Crippen LogP contribution in [0, 0.1) is 5.92 Å². The maximum atomic E-state index is 12.5. The molecular formula is C13H14F3N3O. The lowest BCUT2D eigenvalue weighted by Crippen LogP contribution is -2.41. The van der Waals surface area contributed by atoms with E-state index in [1.165, 1.54) is 12.1 Å². The number of alkyl halides is 3. The summed E-state index contributed by atoms with van der Waals surface area (Å²) in [4.78, 5) is 15.4. The Kier molecular flexibility index (Phi) is 2.79. The smallest absolute Gasteiger partial charge is 0.309 e. The van der Waals surface area contributed by atoms with E-state index in [0.29, 0.717) is 5.92 Å². The molecule has 3 atom stereocenters. The highest BCUT2D eigenvalue weighted by molar-refractivity contribution is 5.94. The van der Waals surface area contributed by atoms with Crippen LogP contribution in [0.1, 0.15) is 25.5 Å². The second kappa shape index (κ2) is 4.18. The number of fused-ring (bicyclic) bond motifs is 1. The number of nitrogens with zero attached hydrogens (tertiary/aromatic N) is 1. The van der Waals surface area contributed by atoms with Gasteiger partial charge in [0.15, 0.2) is 0 Å². The number of halogens is 3. The van der Waals surface area contributed by atoms with E-state index in [-0.39, 0.29) is 23.3 Å². The molecule has 108 valence electrons. The first kappa shape index (κ1) is 13.4. The number of nitrogens with one attached hydrogen (secondary N) is 2. The maximum Gasteiger partial charge on any atom is 0.433 e. The zero-order chi connectivity index (χ0) is 14.5. The van der Waals surface area contributed by atoms with Crippen LogP contribution in [0.5, 0.6) is 0 Å². The van der Waals surface area contributed by atoms with Gasteiger partial charge < -0.3 is 10.6 Å². The number of rotatable bonds is 2. The summed E-state index contributed by atoms with van der Waals surface area (Å²) in [7, 11) is 0. The SMILES string of the molecule is CC12CC1CC(C(=O)Nc1cccc(C(F)(F)F)n1)N2. The Morgan fingerprint density at radius 1 is 1.50 bits per heavy atom. The number of pyridine rings is 1. The Bertz CT molecular complexity index is 560. The quantitative estimate of drug-likeness (QED) is 0.875. The number of aromatic nitrogens is 1. The number of hydrogen-bond acceptors (Lipinski definition) is 3. The van der Waals surface area contributed by atoms with Gasteiger partial charge in [0.1, 0.15) is 11.5 Å². The van der Waals surface area contributed by atoms with Gasteiger partial charge in [0.05, 0.1) is 6.04 Å². The lowest BCUT2D eigenvalue weighted by atomic mass is 10.1. The molecule has 3 rings (SSSR count). The topological polar surface area (TPSA) is 54.0 Å². The third-order valence-electron chi connectivity index (χ3n) is 4.04. The van der Waals surface area contributed by atoms with E-state index in [9.17, 15) is 18.0 Å². The molecule has 1 saturated carbocycles. The van der Waals surface area contributed by atoms with Crippen LogP contribution in [-0.2, 0) is 11.0 Å². The maximum absolute atomic E-state index is 12.5. The fourth-order valence-corrected chi connectivity index (χ4v) is 2.76. The zero-order valence-corrected chi connectivity index (χ0v) is 10.8. The first-order chi connectivity index (χ1) is 9.28. The number of carbonyl (C=O) groups excluding carboxylic acids is 1. The van der Waals surface area contributed by atoms with Crippen LogP contribution in [0.25, 0.3) is 0 Å². The van der Waals surface area contributed by atoms with Crippen molar-refractivity contribution < 1.29 is 18.0 Å². The monoisotopic (exact) mass is 285 g/mol. The summed E-state index contributed by atoms with van der Waals surface area (Å²) < 4.78 is 37.6. The molecule has 0 bridgehead atoms. The number of carbonyl (C=O) groups is 1. The van der Waals surface area contributed by atoms with Gasteiger partial charge >= 0.3 is 6.18 Å². The summed E-state index contributed by atoms with van der Waals surface area (Å²) in [6.45, 7) is 2.05. The van der Waals surface area contributed by atoms with Crippen molar-refractivity contribution in [3.63, 3.8) is 0 Å². The largest absolute Gasteiger partial charge is 0.433 e. The second-order valence-corrected chi connectivity index (χ2v) is 5.65. The molecule has 0 aromatic carbocycles. The summed E-state index contributed by atoms with van der Waals surface area (Å²) in [5.41, 5.74) is -0.979.